The summed E-state index contributed by atoms with van der Waals surface area (Å²) in [6.45, 7) is 2.37. The Morgan fingerprint density at radius 3 is 2.31 bits per heavy atom. The molecule has 29 heavy (non-hydrogen) atoms. The van der Waals surface area contributed by atoms with Crippen LogP contribution in [-0.4, -0.2) is 36.4 Å². The smallest absolute Gasteiger partial charge is 0.347 e. The van der Waals surface area contributed by atoms with Crippen molar-refractivity contribution >= 4 is 17.7 Å². The Kier molecular flexibility index (Phi) is 7.92. The molecule has 0 saturated carbocycles. The molecular formula is C22H22N2O5. The van der Waals surface area contributed by atoms with E-state index >= 15 is 0 Å². The number of ether oxygens (including phenoxy) is 2. The molecule has 0 unspecified atom stereocenters. The van der Waals surface area contributed by atoms with Crippen LogP contribution in [0.1, 0.15) is 25.0 Å². The summed E-state index contributed by atoms with van der Waals surface area (Å²) in [5, 5.41) is 11.4. The number of nitrogens with zero attached hydrogens (tertiary/aromatic N) is 1. The van der Waals surface area contributed by atoms with E-state index in [-0.39, 0.29) is 5.78 Å². The molecule has 0 aromatic heterocycles. The molecule has 2 aromatic rings. The number of esters is 1. The predicted molar refractivity (Wildman–Crippen MR) is 105 cm³/mol. The zero-order chi connectivity index (χ0) is 21.2. The lowest BCUT2D eigenvalue weighted by Crippen LogP contribution is -2.43. The summed E-state index contributed by atoms with van der Waals surface area (Å²) < 4.78 is 10.4. The lowest BCUT2D eigenvalue weighted by molar-refractivity contribution is -0.155. The topological polar surface area (TPSA) is 105 Å². The average molecular weight is 394 g/mol. The van der Waals surface area contributed by atoms with E-state index in [2.05, 4.69) is 5.32 Å². The lowest BCUT2D eigenvalue weighted by atomic mass is 10.0. The van der Waals surface area contributed by atoms with E-state index in [4.69, 9.17) is 14.7 Å². The molecule has 0 aliphatic carbocycles. The van der Waals surface area contributed by atoms with Gasteiger partial charge in [0.25, 0.3) is 5.91 Å². The monoisotopic (exact) mass is 394 g/mol. The van der Waals surface area contributed by atoms with E-state index in [1.807, 2.05) is 36.4 Å². The zero-order valence-corrected chi connectivity index (χ0v) is 16.3. The Hall–Kier alpha value is -3.66. The van der Waals surface area contributed by atoms with Crippen LogP contribution in [0.15, 0.2) is 54.6 Å². The normalized spacial score (nSPS) is 12.2. The van der Waals surface area contributed by atoms with Crippen molar-refractivity contribution in [3.63, 3.8) is 0 Å². The molecule has 0 aliphatic rings. The molecule has 0 spiro atoms. The number of amides is 1. The van der Waals surface area contributed by atoms with Gasteiger partial charge in [-0.3, -0.25) is 9.59 Å². The molecule has 150 valence electrons. The predicted octanol–water partition coefficient (Wildman–Crippen LogP) is 2.19. The summed E-state index contributed by atoms with van der Waals surface area (Å²) in [5.41, 5.74) is 1.38. The minimum atomic E-state index is -0.941. The minimum absolute atomic E-state index is 0.189. The van der Waals surface area contributed by atoms with Crippen molar-refractivity contribution in [1.29, 1.82) is 5.26 Å². The van der Waals surface area contributed by atoms with Gasteiger partial charge in [0, 0.05) is 0 Å². The van der Waals surface area contributed by atoms with E-state index in [0.29, 0.717) is 17.7 Å². The van der Waals surface area contributed by atoms with Crippen molar-refractivity contribution < 1.29 is 23.9 Å². The highest BCUT2D eigenvalue weighted by Crippen LogP contribution is 2.14. The summed E-state index contributed by atoms with van der Waals surface area (Å²) in [4.78, 5) is 35.9. The standard InChI is InChI=1S/C22H22N2O5/c1-15(25)20(12-17-6-4-3-5-7-17)24-21(26)14-28-22(27)16(2)29-19-10-8-18(13-23)9-11-19/h3-11,16,20H,12,14H2,1-2H3,(H,24,26)/t16-,20+/m1/s1. The fraction of sp³-hybridized carbons (Fsp3) is 0.273. The molecule has 2 aromatic carbocycles. The third-order valence-electron chi connectivity index (χ3n) is 4.08. The summed E-state index contributed by atoms with van der Waals surface area (Å²) in [5.74, 6) is -1.07. The Morgan fingerprint density at radius 2 is 1.72 bits per heavy atom. The first kappa shape index (κ1) is 21.6. The van der Waals surface area contributed by atoms with Crippen LogP contribution >= 0.6 is 0 Å². The molecule has 1 N–H and O–H groups in total. The van der Waals surface area contributed by atoms with Crippen LogP contribution in [0.3, 0.4) is 0 Å². The highest BCUT2D eigenvalue weighted by Gasteiger charge is 2.21. The first-order valence-corrected chi connectivity index (χ1v) is 9.06. The van der Waals surface area contributed by atoms with E-state index in [1.165, 1.54) is 13.8 Å². The van der Waals surface area contributed by atoms with Gasteiger partial charge in [-0.1, -0.05) is 30.3 Å². The molecule has 7 nitrogen and oxygen atoms in total. The molecule has 2 atom stereocenters. The van der Waals surface area contributed by atoms with Crippen LogP contribution in [0.4, 0.5) is 0 Å². The van der Waals surface area contributed by atoms with E-state index in [9.17, 15) is 14.4 Å². The van der Waals surface area contributed by atoms with Gasteiger partial charge in [-0.15, -0.1) is 0 Å². The molecule has 0 saturated heterocycles. The van der Waals surface area contributed by atoms with Crippen LogP contribution in [-0.2, 0) is 25.5 Å². The van der Waals surface area contributed by atoms with Crippen molar-refractivity contribution in [2.75, 3.05) is 6.61 Å². The number of carbonyl (C=O) groups is 3. The van der Waals surface area contributed by atoms with Gasteiger partial charge in [0.15, 0.2) is 18.5 Å². The van der Waals surface area contributed by atoms with Gasteiger partial charge in [0.05, 0.1) is 17.7 Å². The Labute approximate surface area is 169 Å². The summed E-state index contributed by atoms with van der Waals surface area (Å²) in [6.07, 6.45) is -0.586. The van der Waals surface area contributed by atoms with Gasteiger partial charge < -0.3 is 14.8 Å². The number of carbonyl (C=O) groups excluding carboxylic acids is 3. The van der Waals surface area contributed by atoms with Crippen LogP contribution in [0.25, 0.3) is 0 Å². The number of hydrogen-bond donors (Lipinski definition) is 1. The minimum Gasteiger partial charge on any atom is -0.479 e. The Balaban J connectivity index is 1.82. The third kappa shape index (κ3) is 7.11. The molecule has 0 bridgehead atoms. The Morgan fingerprint density at radius 1 is 1.07 bits per heavy atom. The maximum atomic E-state index is 12.1. The van der Waals surface area contributed by atoms with Crippen molar-refractivity contribution in [2.24, 2.45) is 0 Å². The largest absolute Gasteiger partial charge is 0.479 e. The summed E-state index contributed by atoms with van der Waals surface area (Å²) in [7, 11) is 0. The lowest BCUT2D eigenvalue weighted by Gasteiger charge is -2.17. The van der Waals surface area contributed by atoms with Crippen LogP contribution in [0, 0.1) is 11.3 Å². The van der Waals surface area contributed by atoms with Gasteiger partial charge in [0.1, 0.15) is 5.75 Å². The second kappa shape index (κ2) is 10.6. The van der Waals surface area contributed by atoms with Crippen LogP contribution in [0.5, 0.6) is 5.75 Å². The molecule has 1 amide bonds. The van der Waals surface area contributed by atoms with Gasteiger partial charge >= 0.3 is 5.97 Å². The second-order valence-corrected chi connectivity index (χ2v) is 6.42. The number of rotatable bonds is 9. The number of hydrogen-bond acceptors (Lipinski definition) is 6. The highest BCUT2D eigenvalue weighted by molar-refractivity contribution is 5.89. The fourth-order valence-corrected chi connectivity index (χ4v) is 2.50. The Bertz CT molecular complexity index is 888. The number of nitrogens with one attached hydrogen (secondary N) is 1. The van der Waals surface area contributed by atoms with Gasteiger partial charge in [-0.2, -0.15) is 5.26 Å². The first-order valence-electron chi connectivity index (χ1n) is 9.06. The quantitative estimate of drug-likeness (QED) is 0.654. The van der Waals surface area contributed by atoms with Crippen molar-refractivity contribution in [3.8, 4) is 11.8 Å². The van der Waals surface area contributed by atoms with Crippen LogP contribution < -0.4 is 10.1 Å². The molecule has 0 fully saturated rings. The maximum Gasteiger partial charge on any atom is 0.347 e. The molecule has 0 radical (unpaired) electrons. The number of nitriles is 1. The van der Waals surface area contributed by atoms with E-state index < -0.39 is 30.6 Å². The molecule has 7 heteroatoms. The third-order valence-corrected chi connectivity index (χ3v) is 4.08. The summed E-state index contributed by atoms with van der Waals surface area (Å²) >= 11 is 0. The van der Waals surface area contributed by atoms with Crippen molar-refractivity contribution in [2.45, 2.75) is 32.4 Å². The average Bonchev–Trinajstić information content (AvgIpc) is 2.72. The number of ketones is 1. The molecular weight excluding hydrogens is 372 g/mol. The molecule has 0 aliphatic heterocycles. The van der Waals surface area contributed by atoms with Gasteiger partial charge in [-0.05, 0) is 50.1 Å². The number of benzene rings is 2. The molecule has 2 rings (SSSR count). The second-order valence-electron chi connectivity index (χ2n) is 6.42. The number of Topliss-reactive ketones (excluding diaryl/α,β-unsaturated/α-hetero) is 1. The maximum absolute atomic E-state index is 12.1. The van der Waals surface area contributed by atoms with Crippen molar-refractivity contribution in [1.82, 2.24) is 5.32 Å². The van der Waals surface area contributed by atoms with Crippen molar-refractivity contribution in [3.05, 3.63) is 65.7 Å². The SMILES string of the molecule is CC(=O)[C@H](Cc1ccccc1)NC(=O)COC(=O)[C@@H](C)Oc1ccc(C#N)cc1. The summed E-state index contributed by atoms with van der Waals surface area (Å²) in [6, 6.07) is 16.9. The van der Waals surface area contributed by atoms with Gasteiger partial charge in [0.2, 0.25) is 0 Å². The van der Waals surface area contributed by atoms with Gasteiger partial charge in [-0.25, -0.2) is 4.79 Å². The fourth-order valence-electron chi connectivity index (χ4n) is 2.50. The zero-order valence-electron chi connectivity index (χ0n) is 16.3. The van der Waals surface area contributed by atoms with E-state index in [0.717, 1.165) is 5.56 Å². The van der Waals surface area contributed by atoms with Crippen LogP contribution in [0.2, 0.25) is 0 Å². The molecule has 0 heterocycles. The highest BCUT2D eigenvalue weighted by atomic mass is 16.6. The van der Waals surface area contributed by atoms with E-state index in [1.54, 1.807) is 24.3 Å². The first-order chi connectivity index (χ1) is 13.9.